The van der Waals surface area contributed by atoms with Crippen LogP contribution in [0.2, 0.25) is 0 Å². The van der Waals surface area contributed by atoms with Gasteiger partial charge in [-0.05, 0) is 114 Å². The van der Waals surface area contributed by atoms with E-state index in [1.807, 2.05) is 4.68 Å². The van der Waals surface area contributed by atoms with Gasteiger partial charge in [-0.15, -0.1) is 5.10 Å². The summed E-state index contributed by atoms with van der Waals surface area (Å²) in [4.78, 5) is 0. The SMILES string of the molecule is CC[C@H]1[C@@H](O)C2C3CC[C@H]([C@H](C)CCn4cnnn4)[C@@]3(C)CCC2[C@@]2(C)CC[C@@H](O)C[C@@H]12. The number of fused-ring (bicyclic) bond motifs is 5. The average molecular weight is 445 g/mol. The molecule has 0 bridgehead atoms. The van der Waals surface area contributed by atoms with Gasteiger partial charge in [0.15, 0.2) is 0 Å². The quantitative estimate of drug-likeness (QED) is 0.706. The van der Waals surface area contributed by atoms with Crippen molar-refractivity contribution in [1.82, 2.24) is 20.2 Å². The van der Waals surface area contributed by atoms with Gasteiger partial charge in [0.05, 0.1) is 12.2 Å². The van der Waals surface area contributed by atoms with Gasteiger partial charge in [0, 0.05) is 6.54 Å². The lowest BCUT2D eigenvalue weighted by atomic mass is 9.41. The van der Waals surface area contributed by atoms with Crippen molar-refractivity contribution in [3.8, 4) is 0 Å². The predicted octanol–water partition coefficient (Wildman–Crippen LogP) is 4.33. The number of hydrogen-bond acceptors (Lipinski definition) is 5. The molecule has 4 aliphatic carbocycles. The molecule has 6 heteroatoms. The maximum absolute atomic E-state index is 11.8. The van der Waals surface area contributed by atoms with Crippen molar-refractivity contribution in [1.29, 1.82) is 0 Å². The summed E-state index contributed by atoms with van der Waals surface area (Å²) >= 11 is 0. The summed E-state index contributed by atoms with van der Waals surface area (Å²) in [6.45, 7) is 10.7. The van der Waals surface area contributed by atoms with Crippen LogP contribution in [-0.2, 0) is 6.54 Å². The van der Waals surface area contributed by atoms with Crippen LogP contribution >= 0.6 is 0 Å². The van der Waals surface area contributed by atoms with E-state index >= 15 is 0 Å². The van der Waals surface area contributed by atoms with Crippen LogP contribution in [-0.4, -0.2) is 42.6 Å². The fourth-order valence-corrected chi connectivity index (χ4v) is 9.75. The molecule has 1 heterocycles. The van der Waals surface area contributed by atoms with Gasteiger partial charge >= 0.3 is 0 Å². The molecule has 1 aromatic rings. The first-order chi connectivity index (χ1) is 15.3. The molecule has 3 unspecified atom stereocenters. The van der Waals surface area contributed by atoms with Crippen LogP contribution in [0.5, 0.6) is 0 Å². The van der Waals surface area contributed by atoms with Crippen molar-refractivity contribution in [2.45, 2.75) is 104 Å². The molecule has 0 amide bonds. The Labute approximate surface area is 193 Å². The highest BCUT2D eigenvalue weighted by molar-refractivity contribution is 5.13. The third-order valence-corrected chi connectivity index (χ3v) is 11.4. The highest BCUT2D eigenvalue weighted by Crippen LogP contribution is 2.69. The Bertz CT molecular complexity index is 787. The lowest BCUT2D eigenvalue weighted by Gasteiger charge is -2.64. The number of aromatic nitrogens is 4. The second-order valence-corrected chi connectivity index (χ2v) is 12.5. The van der Waals surface area contributed by atoms with E-state index in [0.29, 0.717) is 40.9 Å². The van der Waals surface area contributed by atoms with Crippen LogP contribution in [0.4, 0.5) is 0 Å². The summed E-state index contributed by atoms with van der Waals surface area (Å²) in [6, 6.07) is 0. The van der Waals surface area contributed by atoms with Crippen LogP contribution in [0.15, 0.2) is 6.33 Å². The third-order valence-electron chi connectivity index (χ3n) is 11.4. The Kier molecular flexibility index (Phi) is 5.93. The summed E-state index contributed by atoms with van der Waals surface area (Å²) in [7, 11) is 0. The first-order valence-electron chi connectivity index (χ1n) is 13.4. The Morgan fingerprint density at radius 2 is 1.78 bits per heavy atom. The van der Waals surface area contributed by atoms with Gasteiger partial charge in [-0.1, -0.05) is 34.1 Å². The Morgan fingerprint density at radius 1 is 1.03 bits per heavy atom. The molecule has 0 aromatic carbocycles. The Balaban J connectivity index is 1.38. The standard InChI is InChI=1S/C26H44N4O2/c1-5-18-22-14-17(31)8-11-26(22,4)21-9-12-25(3)19(6-7-20(25)23(21)24(18)32)16(2)10-13-30-15-27-28-29-30/h15-24,31-32H,5-14H2,1-4H3/t16-,17-,18-,19-,20?,21?,22+,23?,24-,25-,26-/m1/s1. The highest BCUT2D eigenvalue weighted by atomic mass is 16.3. The second kappa shape index (κ2) is 8.33. The Morgan fingerprint density at radius 3 is 2.50 bits per heavy atom. The average Bonchev–Trinajstić information content (AvgIpc) is 3.41. The first kappa shape index (κ1) is 22.8. The minimum Gasteiger partial charge on any atom is -0.393 e. The van der Waals surface area contributed by atoms with Crippen LogP contribution in [0.25, 0.3) is 0 Å². The van der Waals surface area contributed by atoms with E-state index in [2.05, 4.69) is 43.2 Å². The molecule has 2 N–H and O–H groups in total. The zero-order valence-electron chi connectivity index (χ0n) is 20.5. The van der Waals surface area contributed by atoms with E-state index in [0.717, 1.165) is 44.6 Å². The summed E-state index contributed by atoms with van der Waals surface area (Å²) < 4.78 is 1.86. The fourth-order valence-electron chi connectivity index (χ4n) is 9.75. The molecule has 0 spiro atoms. The van der Waals surface area contributed by atoms with Crippen molar-refractivity contribution >= 4 is 0 Å². The van der Waals surface area contributed by atoms with E-state index in [1.165, 1.54) is 25.7 Å². The molecule has 6 nitrogen and oxygen atoms in total. The van der Waals surface area contributed by atoms with Crippen molar-refractivity contribution in [3.05, 3.63) is 6.33 Å². The number of aliphatic hydroxyl groups excluding tert-OH is 2. The lowest BCUT2D eigenvalue weighted by molar-refractivity contribution is -0.203. The summed E-state index contributed by atoms with van der Waals surface area (Å²) in [5, 5.41) is 33.9. The minimum atomic E-state index is -0.201. The summed E-state index contributed by atoms with van der Waals surface area (Å²) in [5.41, 5.74) is 0.618. The van der Waals surface area contributed by atoms with Gasteiger partial charge in [-0.2, -0.15) is 0 Å². The smallest absolute Gasteiger partial charge is 0.138 e. The molecule has 4 aliphatic rings. The monoisotopic (exact) mass is 444 g/mol. The molecular weight excluding hydrogens is 400 g/mol. The van der Waals surface area contributed by atoms with Gasteiger partial charge in [0.25, 0.3) is 0 Å². The molecule has 4 saturated carbocycles. The van der Waals surface area contributed by atoms with E-state index < -0.39 is 0 Å². The van der Waals surface area contributed by atoms with Gasteiger partial charge in [0.2, 0.25) is 0 Å². The van der Waals surface area contributed by atoms with E-state index in [9.17, 15) is 10.2 Å². The lowest BCUT2D eigenvalue weighted by Crippen LogP contribution is -2.62. The van der Waals surface area contributed by atoms with Crippen molar-refractivity contribution in [3.63, 3.8) is 0 Å². The summed E-state index contributed by atoms with van der Waals surface area (Å²) in [5.74, 6) is 3.87. The number of aryl methyl sites for hydroxylation is 1. The zero-order chi connectivity index (χ0) is 22.7. The molecular formula is C26H44N4O2. The molecule has 4 fully saturated rings. The molecule has 1 aromatic heterocycles. The third kappa shape index (κ3) is 3.38. The highest BCUT2D eigenvalue weighted by Gasteiger charge is 2.64. The molecule has 0 aliphatic heterocycles. The second-order valence-electron chi connectivity index (χ2n) is 12.5. The number of nitrogens with zero attached hydrogens (tertiary/aromatic N) is 4. The molecule has 0 radical (unpaired) electrons. The van der Waals surface area contributed by atoms with E-state index in [1.54, 1.807) is 6.33 Å². The first-order valence-corrected chi connectivity index (χ1v) is 13.4. The van der Waals surface area contributed by atoms with Crippen molar-refractivity contribution < 1.29 is 10.2 Å². The number of tetrazole rings is 1. The van der Waals surface area contributed by atoms with E-state index in [4.69, 9.17) is 0 Å². The molecule has 5 rings (SSSR count). The van der Waals surface area contributed by atoms with Crippen LogP contribution < -0.4 is 0 Å². The molecule has 180 valence electrons. The zero-order valence-corrected chi connectivity index (χ0v) is 20.5. The van der Waals surface area contributed by atoms with Gasteiger partial charge < -0.3 is 10.2 Å². The largest absolute Gasteiger partial charge is 0.393 e. The topological polar surface area (TPSA) is 84.1 Å². The number of rotatable bonds is 5. The van der Waals surface area contributed by atoms with Gasteiger partial charge in [-0.25, -0.2) is 4.68 Å². The minimum absolute atomic E-state index is 0.170. The van der Waals surface area contributed by atoms with Crippen LogP contribution in [0, 0.1) is 52.3 Å². The van der Waals surface area contributed by atoms with Crippen LogP contribution in [0.1, 0.15) is 85.5 Å². The molecule has 11 atom stereocenters. The normalized spacial score (nSPS) is 49.2. The molecule has 32 heavy (non-hydrogen) atoms. The maximum Gasteiger partial charge on any atom is 0.138 e. The van der Waals surface area contributed by atoms with Crippen LogP contribution in [0.3, 0.4) is 0 Å². The van der Waals surface area contributed by atoms with Gasteiger partial charge in [-0.3, -0.25) is 0 Å². The fraction of sp³-hybridized carbons (Fsp3) is 0.962. The number of hydrogen-bond donors (Lipinski definition) is 2. The maximum atomic E-state index is 11.8. The Hall–Kier alpha value is -1.01. The number of aliphatic hydroxyl groups is 2. The molecule has 0 saturated heterocycles. The van der Waals surface area contributed by atoms with Crippen molar-refractivity contribution in [2.24, 2.45) is 52.3 Å². The summed E-state index contributed by atoms with van der Waals surface area (Å²) in [6.07, 6.45) is 11.6. The van der Waals surface area contributed by atoms with E-state index in [-0.39, 0.29) is 17.6 Å². The predicted molar refractivity (Wildman–Crippen MR) is 123 cm³/mol. The van der Waals surface area contributed by atoms with Crippen molar-refractivity contribution in [2.75, 3.05) is 0 Å². The van der Waals surface area contributed by atoms with Gasteiger partial charge in [0.1, 0.15) is 6.33 Å².